The molecule has 0 spiro atoms. The summed E-state index contributed by atoms with van der Waals surface area (Å²) < 4.78 is 23.1. The van der Waals surface area contributed by atoms with E-state index in [9.17, 15) is 13.2 Å². The zero-order chi connectivity index (χ0) is 13.9. The summed E-state index contributed by atoms with van der Waals surface area (Å²) >= 11 is 5.61. The maximum absolute atomic E-state index is 11.9. The number of alkyl halides is 1. The highest BCUT2D eigenvalue weighted by Gasteiger charge is 2.34. The van der Waals surface area contributed by atoms with Crippen LogP contribution in [0.3, 0.4) is 0 Å². The van der Waals surface area contributed by atoms with E-state index in [1.54, 1.807) is 23.4 Å². The highest BCUT2D eigenvalue weighted by molar-refractivity contribution is 7.91. The van der Waals surface area contributed by atoms with E-state index in [4.69, 9.17) is 11.6 Å². The summed E-state index contributed by atoms with van der Waals surface area (Å²) in [6.07, 6.45) is 3.79. The fourth-order valence-corrected chi connectivity index (χ4v) is 4.09. The van der Waals surface area contributed by atoms with E-state index in [0.29, 0.717) is 13.0 Å². The van der Waals surface area contributed by atoms with E-state index in [2.05, 4.69) is 4.98 Å². The Morgan fingerprint density at radius 2 is 2.32 bits per heavy atom. The van der Waals surface area contributed by atoms with E-state index in [-0.39, 0.29) is 29.3 Å². The third-order valence-corrected chi connectivity index (χ3v) is 5.14. The van der Waals surface area contributed by atoms with Gasteiger partial charge < -0.3 is 4.90 Å². The van der Waals surface area contributed by atoms with Crippen LogP contribution in [-0.4, -0.2) is 47.6 Å². The zero-order valence-corrected chi connectivity index (χ0v) is 11.9. The predicted octanol–water partition coefficient (Wildman–Crippen LogP) is 0.836. The molecule has 5 nitrogen and oxygen atoms in total. The molecule has 0 aromatic carbocycles. The molecule has 1 aliphatic heterocycles. The Labute approximate surface area is 117 Å². The molecule has 0 unspecified atom stereocenters. The van der Waals surface area contributed by atoms with E-state index < -0.39 is 9.84 Å². The highest BCUT2D eigenvalue weighted by Crippen LogP contribution is 2.20. The van der Waals surface area contributed by atoms with Crippen molar-refractivity contribution in [1.82, 2.24) is 9.88 Å². The number of hydrogen-bond acceptors (Lipinski definition) is 4. The molecule has 0 N–H and O–H groups in total. The predicted molar refractivity (Wildman–Crippen MR) is 72.6 cm³/mol. The monoisotopic (exact) mass is 302 g/mol. The topological polar surface area (TPSA) is 67.3 Å². The maximum atomic E-state index is 11.9. The molecular weight excluding hydrogens is 288 g/mol. The number of aromatic nitrogens is 1. The number of sulfone groups is 1. The van der Waals surface area contributed by atoms with Crippen molar-refractivity contribution in [1.29, 1.82) is 0 Å². The van der Waals surface area contributed by atoms with Gasteiger partial charge in [0.05, 0.1) is 11.5 Å². The van der Waals surface area contributed by atoms with Gasteiger partial charge in [0.1, 0.15) is 5.88 Å². The van der Waals surface area contributed by atoms with Gasteiger partial charge in [-0.3, -0.25) is 9.78 Å². The lowest BCUT2D eigenvalue weighted by atomic mass is 10.2. The molecule has 7 heteroatoms. The number of hydrogen-bond donors (Lipinski definition) is 0. The van der Waals surface area contributed by atoms with E-state index >= 15 is 0 Å². The van der Waals surface area contributed by atoms with Crippen LogP contribution in [0.5, 0.6) is 0 Å². The number of pyridine rings is 1. The quantitative estimate of drug-likeness (QED) is 0.773. The Kier molecular flexibility index (Phi) is 4.42. The lowest BCUT2D eigenvalue weighted by molar-refractivity contribution is -0.131. The van der Waals surface area contributed by atoms with E-state index in [1.807, 2.05) is 6.07 Å². The Bertz CT molecular complexity index is 547. The molecular formula is C12H15ClN2O3S. The lowest BCUT2D eigenvalue weighted by Crippen LogP contribution is -2.41. The van der Waals surface area contributed by atoms with Crippen molar-refractivity contribution in [3.63, 3.8) is 0 Å². The summed E-state index contributed by atoms with van der Waals surface area (Å²) in [4.78, 5) is 17.4. The number of rotatable bonds is 4. The number of halogens is 1. The fraction of sp³-hybridized carbons (Fsp3) is 0.500. The highest BCUT2D eigenvalue weighted by atomic mass is 35.5. The second-order valence-corrected chi connectivity index (χ2v) is 7.07. The first-order valence-corrected chi connectivity index (χ1v) is 8.32. The van der Waals surface area contributed by atoms with Crippen molar-refractivity contribution in [2.45, 2.75) is 19.0 Å². The molecule has 2 heterocycles. The SMILES string of the molecule is O=C(CCl)N(Cc1cccnc1)[C@H]1CCS(=O)(=O)C1. The molecule has 19 heavy (non-hydrogen) atoms. The van der Waals surface area contributed by atoms with Crippen molar-refractivity contribution >= 4 is 27.3 Å². The van der Waals surface area contributed by atoms with Gasteiger partial charge in [-0.25, -0.2) is 8.42 Å². The number of carbonyl (C=O) groups excluding carboxylic acids is 1. The van der Waals surface area contributed by atoms with Crippen LogP contribution in [0.1, 0.15) is 12.0 Å². The van der Waals surface area contributed by atoms with Crippen LogP contribution in [0.25, 0.3) is 0 Å². The van der Waals surface area contributed by atoms with Gasteiger partial charge in [-0.05, 0) is 18.1 Å². The summed E-state index contributed by atoms with van der Waals surface area (Å²) in [5.41, 5.74) is 0.866. The molecule has 0 bridgehead atoms. The normalized spacial score (nSPS) is 21.2. The van der Waals surface area contributed by atoms with Crippen molar-refractivity contribution in [3.8, 4) is 0 Å². The Balaban J connectivity index is 2.15. The van der Waals surface area contributed by atoms with Crippen molar-refractivity contribution < 1.29 is 13.2 Å². The molecule has 104 valence electrons. The average Bonchev–Trinajstić information content (AvgIpc) is 2.76. The Morgan fingerprint density at radius 3 is 2.84 bits per heavy atom. The second kappa shape index (κ2) is 5.88. The molecule has 0 saturated carbocycles. The first-order valence-electron chi connectivity index (χ1n) is 5.96. The van der Waals surface area contributed by atoms with Crippen LogP contribution >= 0.6 is 11.6 Å². The molecule has 2 rings (SSSR count). The first-order chi connectivity index (χ1) is 9.02. The molecule has 1 aromatic rings. The number of nitrogens with zero attached hydrogens (tertiary/aromatic N) is 2. The maximum Gasteiger partial charge on any atom is 0.238 e. The van der Waals surface area contributed by atoms with Crippen LogP contribution in [0.15, 0.2) is 24.5 Å². The van der Waals surface area contributed by atoms with Gasteiger partial charge >= 0.3 is 0 Å². The third-order valence-electron chi connectivity index (χ3n) is 3.16. The largest absolute Gasteiger partial charge is 0.333 e. The van der Waals surface area contributed by atoms with Crippen LogP contribution in [0, 0.1) is 0 Å². The molecule has 1 amide bonds. The van der Waals surface area contributed by atoms with Crippen molar-refractivity contribution in [3.05, 3.63) is 30.1 Å². The zero-order valence-electron chi connectivity index (χ0n) is 10.3. The molecule has 1 atom stereocenters. The van der Waals surface area contributed by atoms with Gasteiger partial charge in [0.15, 0.2) is 9.84 Å². The van der Waals surface area contributed by atoms with E-state index in [0.717, 1.165) is 5.56 Å². The van der Waals surface area contributed by atoms with Crippen LogP contribution in [0.4, 0.5) is 0 Å². The third kappa shape index (κ3) is 3.67. The van der Waals surface area contributed by atoms with Crippen LogP contribution in [0.2, 0.25) is 0 Å². The standard InChI is InChI=1S/C12H15ClN2O3S/c13-6-12(16)15(8-10-2-1-4-14-7-10)11-3-5-19(17,18)9-11/h1-2,4,7,11H,3,5-6,8-9H2/t11-/m0/s1. The van der Waals surface area contributed by atoms with Crippen molar-refractivity contribution in [2.75, 3.05) is 17.4 Å². The van der Waals surface area contributed by atoms with Crippen molar-refractivity contribution in [2.24, 2.45) is 0 Å². The minimum Gasteiger partial charge on any atom is -0.333 e. The van der Waals surface area contributed by atoms with Gasteiger partial charge in [0, 0.05) is 25.0 Å². The summed E-state index contributed by atoms with van der Waals surface area (Å²) in [5.74, 6) is -0.226. The number of carbonyl (C=O) groups is 1. The number of amides is 1. The summed E-state index contributed by atoms with van der Waals surface area (Å²) in [6.45, 7) is 0.347. The molecule has 1 aliphatic rings. The van der Waals surface area contributed by atoms with Gasteiger partial charge in [0.25, 0.3) is 0 Å². The molecule has 1 fully saturated rings. The minimum atomic E-state index is -3.03. The van der Waals surface area contributed by atoms with Gasteiger partial charge in [-0.1, -0.05) is 6.07 Å². The fourth-order valence-electron chi connectivity index (χ4n) is 2.21. The van der Waals surface area contributed by atoms with Gasteiger partial charge in [-0.2, -0.15) is 0 Å². The summed E-state index contributed by atoms with van der Waals surface area (Å²) in [5, 5.41) is 0. The summed E-state index contributed by atoms with van der Waals surface area (Å²) in [7, 11) is -3.03. The molecule has 0 radical (unpaired) electrons. The first kappa shape index (κ1) is 14.3. The van der Waals surface area contributed by atoms with Crippen LogP contribution < -0.4 is 0 Å². The smallest absolute Gasteiger partial charge is 0.238 e. The van der Waals surface area contributed by atoms with Gasteiger partial charge in [0.2, 0.25) is 5.91 Å². The van der Waals surface area contributed by atoms with Gasteiger partial charge in [-0.15, -0.1) is 11.6 Å². The molecule has 1 aromatic heterocycles. The minimum absolute atomic E-state index is 0.0237. The second-order valence-electron chi connectivity index (χ2n) is 4.57. The molecule has 1 saturated heterocycles. The van der Waals surface area contributed by atoms with E-state index in [1.165, 1.54) is 0 Å². The average molecular weight is 303 g/mol. The van der Waals surface area contributed by atoms with Crippen LogP contribution in [-0.2, 0) is 21.2 Å². The Morgan fingerprint density at radius 1 is 1.53 bits per heavy atom. The Hall–Kier alpha value is -1.14. The molecule has 0 aliphatic carbocycles. The lowest BCUT2D eigenvalue weighted by Gasteiger charge is -2.27. The summed E-state index contributed by atoms with van der Waals surface area (Å²) in [6, 6.07) is 3.35.